The molecule has 2 unspecified atom stereocenters. The minimum Gasteiger partial charge on any atom is -0.481 e. The lowest BCUT2D eigenvalue weighted by Gasteiger charge is -2.29. The van der Waals surface area contributed by atoms with E-state index < -0.39 is 23.3 Å². The van der Waals surface area contributed by atoms with Crippen LogP contribution in [0.25, 0.3) is 22.4 Å². The van der Waals surface area contributed by atoms with E-state index in [4.69, 9.17) is 26.1 Å². The number of carbonyl (C=O) groups excluding carboxylic acids is 1. The van der Waals surface area contributed by atoms with Gasteiger partial charge in [-0.15, -0.1) is 0 Å². The summed E-state index contributed by atoms with van der Waals surface area (Å²) in [6.45, 7) is 3.25. The molecule has 1 saturated heterocycles. The fourth-order valence-corrected chi connectivity index (χ4v) is 6.70. The van der Waals surface area contributed by atoms with Crippen LogP contribution in [0.1, 0.15) is 45.9 Å². The van der Waals surface area contributed by atoms with Gasteiger partial charge in [0.25, 0.3) is 11.5 Å². The molecular weight excluding hydrogens is 610 g/mol. The summed E-state index contributed by atoms with van der Waals surface area (Å²) in [4.78, 5) is 42.7. The molecule has 4 aromatic rings. The van der Waals surface area contributed by atoms with Crippen LogP contribution in [0.15, 0.2) is 58.3 Å². The zero-order chi connectivity index (χ0) is 32.7. The Balaban J connectivity index is 1.33. The maximum atomic E-state index is 13.2. The number of nitrogens with zero attached hydrogens (tertiary/aromatic N) is 3. The number of rotatable bonds is 7. The molecule has 11 nitrogen and oxygen atoms in total. The van der Waals surface area contributed by atoms with Gasteiger partial charge in [-0.3, -0.25) is 14.2 Å². The first-order chi connectivity index (χ1) is 22.1. The second-order valence-corrected chi connectivity index (χ2v) is 12.2. The summed E-state index contributed by atoms with van der Waals surface area (Å²) in [6, 6.07) is 13.0. The molecule has 0 spiro atoms. The predicted octanol–water partition coefficient (Wildman–Crippen LogP) is 3.76. The molecule has 1 aliphatic carbocycles. The van der Waals surface area contributed by atoms with Crippen molar-refractivity contribution in [3.05, 3.63) is 96.8 Å². The van der Waals surface area contributed by atoms with Crippen molar-refractivity contribution in [2.75, 3.05) is 25.6 Å². The van der Waals surface area contributed by atoms with E-state index in [1.807, 2.05) is 37.3 Å². The number of aryl methyl sites for hydroxylation is 1. The first-order valence-corrected chi connectivity index (χ1v) is 15.5. The molecule has 3 N–H and O–H groups in total. The Hall–Kier alpha value is -4.29. The Kier molecular flexibility index (Phi) is 8.84. The van der Waals surface area contributed by atoms with Crippen molar-refractivity contribution < 1.29 is 19.4 Å². The van der Waals surface area contributed by atoms with Gasteiger partial charge in [0.05, 0.1) is 30.0 Å². The van der Waals surface area contributed by atoms with Crippen LogP contribution in [-0.2, 0) is 25.3 Å². The number of aliphatic hydroxyl groups excluding tert-OH is 1. The number of carbonyl (C=O) groups is 1. The number of amides is 1. The van der Waals surface area contributed by atoms with Gasteiger partial charge in [0.2, 0.25) is 5.88 Å². The monoisotopic (exact) mass is 645 g/mol. The topological polar surface area (TPSA) is 137 Å². The zero-order valence-electron chi connectivity index (χ0n) is 26.1. The number of aliphatic hydroxyl groups is 1. The number of fused-ring (bicyclic) bond motifs is 1. The third kappa shape index (κ3) is 5.75. The van der Waals surface area contributed by atoms with E-state index in [0.29, 0.717) is 47.5 Å². The maximum Gasteiger partial charge on any atom is 0.330 e. The van der Waals surface area contributed by atoms with Crippen LogP contribution in [0.4, 0.5) is 5.69 Å². The molecule has 6 rings (SSSR count). The van der Waals surface area contributed by atoms with E-state index in [9.17, 15) is 19.5 Å². The van der Waals surface area contributed by atoms with Gasteiger partial charge in [-0.2, -0.15) is 0 Å². The van der Waals surface area contributed by atoms with Crippen molar-refractivity contribution in [1.82, 2.24) is 19.4 Å². The number of halogens is 1. The average Bonchev–Trinajstić information content (AvgIpc) is 3.37. The summed E-state index contributed by atoms with van der Waals surface area (Å²) in [5, 5.41) is 17.9. The fraction of sp³-hybridized carbons (Fsp3) is 0.353. The van der Waals surface area contributed by atoms with Gasteiger partial charge in [-0.25, -0.2) is 9.78 Å². The van der Waals surface area contributed by atoms with Crippen molar-refractivity contribution in [3.8, 4) is 28.3 Å². The predicted molar refractivity (Wildman–Crippen MR) is 176 cm³/mol. The highest BCUT2D eigenvalue weighted by Gasteiger charge is 2.37. The molecule has 240 valence electrons. The number of aromatic nitrogens is 3. The number of nitrogens with one attached hydrogen (secondary N) is 2. The summed E-state index contributed by atoms with van der Waals surface area (Å²) in [5.74, 6) is -0.182. The van der Waals surface area contributed by atoms with Crippen LogP contribution >= 0.6 is 11.6 Å². The summed E-state index contributed by atoms with van der Waals surface area (Å²) < 4.78 is 13.4. The lowest BCUT2D eigenvalue weighted by Crippen LogP contribution is -2.40. The minimum absolute atomic E-state index is 0.152. The molecule has 2 aromatic carbocycles. The second kappa shape index (κ2) is 12.8. The van der Waals surface area contributed by atoms with E-state index in [2.05, 4.69) is 10.6 Å². The standard InChI is InChI=1S/C34H36ClN5O6/c1-18-21(7-6-10-25(18)37-31(42)24-17-39(2)34(44)40(3)33(24)43)22-8-5-9-23(29(22)35)26-15-19-16-27(41)30(28(19)32(38-26)45-4)36-20-11-13-46-14-12-20/h5-10,15,17,20,27,30,36,41H,11-14,16H2,1-4H3,(H,37,42). The summed E-state index contributed by atoms with van der Waals surface area (Å²) in [6.07, 6.45) is 2.83. The number of ether oxygens (including phenoxy) is 2. The molecule has 46 heavy (non-hydrogen) atoms. The first-order valence-electron chi connectivity index (χ1n) is 15.2. The van der Waals surface area contributed by atoms with Crippen molar-refractivity contribution in [3.63, 3.8) is 0 Å². The van der Waals surface area contributed by atoms with Crippen LogP contribution < -0.4 is 26.6 Å². The lowest BCUT2D eigenvalue weighted by molar-refractivity contribution is 0.0632. The van der Waals surface area contributed by atoms with Crippen LogP contribution in [0.5, 0.6) is 5.88 Å². The number of pyridine rings is 1. The van der Waals surface area contributed by atoms with Crippen LogP contribution in [-0.4, -0.2) is 57.6 Å². The molecule has 1 aliphatic heterocycles. The minimum atomic E-state index is -0.680. The van der Waals surface area contributed by atoms with Gasteiger partial charge in [0, 0.05) is 68.3 Å². The molecule has 2 atom stereocenters. The molecule has 0 saturated carbocycles. The summed E-state index contributed by atoms with van der Waals surface area (Å²) in [5.41, 5.74) is 4.52. The molecule has 2 aromatic heterocycles. The van der Waals surface area contributed by atoms with E-state index in [-0.39, 0.29) is 17.6 Å². The molecule has 12 heteroatoms. The van der Waals surface area contributed by atoms with Crippen LogP contribution in [0.3, 0.4) is 0 Å². The maximum absolute atomic E-state index is 13.2. The largest absolute Gasteiger partial charge is 0.481 e. The van der Waals surface area contributed by atoms with Crippen LogP contribution in [0, 0.1) is 6.92 Å². The summed E-state index contributed by atoms with van der Waals surface area (Å²) in [7, 11) is 4.39. The molecule has 0 bridgehead atoms. The number of hydrogen-bond donors (Lipinski definition) is 3. The van der Waals surface area contributed by atoms with Crippen LogP contribution in [0.2, 0.25) is 5.02 Å². The highest BCUT2D eigenvalue weighted by molar-refractivity contribution is 6.36. The fourth-order valence-electron chi connectivity index (χ4n) is 6.38. The van der Waals surface area contributed by atoms with Gasteiger partial charge >= 0.3 is 5.69 Å². The van der Waals surface area contributed by atoms with Crippen molar-refractivity contribution in [2.24, 2.45) is 14.1 Å². The Morgan fingerprint density at radius 3 is 2.52 bits per heavy atom. The van der Waals surface area contributed by atoms with Gasteiger partial charge < -0.3 is 29.8 Å². The van der Waals surface area contributed by atoms with E-state index in [0.717, 1.165) is 45.2 Å². The lowest BCUT2D eigenvalue weighted by atomic mass is 9.96. The number of anilines is 1. The third-order valence-corrected chi connectivity index (χ3v) is 9.31. The van der Waals surface area contributed by atoms with Crippen molar-refractivity contribution in [2.45, 2.75) is 44.4 Å². The van der Waals surface area contributed by atoms with Gasteiger partial charge in [0.15, 0.2) is 0 Å². The Labute approximate surface area is 270 Å². The second-order valence-electron chi connectivity index (χ2n) is 11.8. The summed E-state index contributed by atoms with van der Waals surface area (Å²) >= 11 is 7.09. The quantitative estimate of drug-likeness (QED) is 0.276. The average molecular weight is 646 g/mol. The Bertz CT molecular complexity index is 1950. The third-order valence-electron chi connectivity index (χ3n) is 8.90. The molecule has 3 heterocycles. The number of benzene rings is 2. The molecule has 0 radical (unpaired) electrons. The molecular formula is C34H36ClN5O6. The number of hydrogen-bond acceptors (Lipinski definition) is 8. The van der Waals surface area contributed by atoms with Gasteiger partial charge in [0.1, 0.15) is 5.56 Å². The number of methoxy groups -OCH3 is 1. The van der Waals surface area contributed by atoms with E-state index in [1.165, 1.54) is 24.9 Å². The molecule has 1 amide bonds. The molecule has 1 fully saturated rings. The Morgan fingerprint density at radius 2 is 1.78 bits per heavy atom. The highest BCUT2D eigenvalue weighted by atomic mass is 35.5. The van der Waals surface area contributed by atoms with Crippen molar-refractivity contribution in [1.29, 1.82) is 0 Å². The highest BCUT2D eigenvalue weighted by Crippen LogP contribution is 2.43. The Morgan fingerprint density at radius 1 is 1.09 bits per heavy atom. The van der Waals surface area contributed by atoms with Gasteiger partial charge in [-0.1, -0.05) is 41.9 Å². The van der Waals surface area contributed by atoms with E-state index >= 15 is 0 Å². The smallest absolute Gasteiger partial charge is 0.330 e. The normalized spacial score (nSPS) is 18.0. The van der Waals surface area contributed by atoms with Crippen molar-refractivity contribution >= 4 is 23.2 Å². The molecule has 2 aliphatic rings. The van der Waals surface area contributed by atoms with Gasteiger partial charge in [-0.05, 0) is 48.6 Å². The van der Waals surface area contributed by atoms with E-state index in [1.54, 1.807) is 19.2 Å². The SMILES string of the molecule is COc1nc(-c2cccc(-c3cccc(NC(=O)c4cn(C)c(=O)n(C)c4=O)c3C)c2Cl)cc2c1C(NC1CCOCC1)C(O)C2. The first kappa shape index (κ1) is 31.7. The zero-order valence-corrected chi connectivity index (χ0v) is 26.9.